The van der Waals surface area contributed by atoms with Crippen LogP contribution in [0, 0.1) is 0 Å². The molecule has 0 bridgehead atoms. The molecule has 0 radical (unpaired) electrons. The Hall–Kier alpha value is -3.12. The summed E-state index contributed by atoms with van der Waals surface area (Å²) < 4.78 is 0. The Kier molecular flexibility index (Phi) is 5.88. The van der Waals surface area contributed by atoms with Gasteiger partial charge >= 0.3 is 0 Å². The minimum atomic E-state index is -0.278. The zero-order valence-corrected chi connectivity index (χ0v) is 15.9. The topological polar surface area (TPSA) is 70.2 Å². The molecule has 0 atom stereocenters. The van der Waals surface area contributed by atoms with Gasteiger partial charge in [-0.15, -0.1) is 10.2 Å². The van der Waals surface area contributed by atoms with E-state index < -0.39 is 0 Å². The molecular formula is C20H20ClN5O. The van der Waals surface area contributed by atoms with Crippen molar-refractivity contribution in [2.45, 2.75) is 6.54 Å². The second kappa shape index (κ2) is 8.51. The van der Waals surface area contributed by atoms with E-state index in [0.29, 0.717) is 17.4 Å². The summed E-state index contributed by atoms with van der Waals surface area (Å²) in [5.41, 5.74) is 3.23. The van der Waals surface area contributed by atoms with Gasteiger partial charge in [0.1, 0.15) is 0 Å². The molecule has 0 aliphatic heterocycles. The number of carbonyl (C=O) groups is 1. The average molecular weight is 382 g/mol. The van der Waals surface area contributed by atoms with Crippen molar-refractivity contribution in [3.8, 4) is 0 Å². The van der Waals surface area contributed by atoms with Crippen LogP contribution in [0.2, 0.25) is 5.02 Å². The van der Waals surface area contributed by atoms with Crippen LogP contribution in [-0.2, 0) is 6.54 Å². The molecule has 2 N–H and O–H groups in total. The molecule has 0 unspecified atom stereocenters. The van der Waals surface area contributed by atoms with E-state index in [4.69, 9.17) is 11.6 Å². The predicted octanol–water partition coefficient (Wildman–Crippen LogP) is 3.87. The third-order valence-electron chi connectivity index (χ3n) is 3.92. The number of carbonyl (C=O) groups excluding carboxylic acids is 1. The normalized spacial score (nSPS) is 10.3. The fourth-order valence-electron chi connectivity index (χ4n) is 2.39. The molecule has 3 aromatic rings. The molecule has 1 amide bonds. The Morgan fingerprint density at radius 1 is 0.963 bits per heavy atom. The molecule has 1 aromatic heterocycles. The first-order valence-corrected chi connectivity index (χ1v) is 8.80. The Bertz CT molecular complexity index is 893. The van der Waals surface area contributed by atoms with Crippen molar-refractivity contribution in [3.05, 3.63) is 76.9 Å². The van der Waals surface area contributed by atoms with E-state index in [1.54, 1.807) is 24.3 Å². The summed E-state index contributed by atoms with van der Waals surface area (Å²) in [6.07, 6.45) is 0. The van der Waals surface area contributed by atoms with Crippen molar-refractivity contribution in [1.82, 2.24) is 15.5 Å². The lowest BCUT2D eigenvalue weighted by Gasteiger charge is -2.13. The first kappa shape index (κ1) is 18.7. The van der Waals surface area contributed by atoms with E-state index in [-0.39, 0.29) is 11.6 Å². The number of benzene rings is 2. The summed E-state index contributed by atoms with van der Waals surface area (Å²) in [6.45, 7) is 0.399. The van der Waals surface area contributed by atoms with Gasteiger partial charge in [-0.25, -0.2) is 0 Å². The number of amides is 1. The lowest BCUT2D eigenvalue weighted by atomic mass is 10.2. The molecule has 0 fully saturated rings. The van der Waals surface area contributed by atoms with Crippen molar-refractivity contribution < 1.29 is 4.79 Å². The molecular weight excluding hydrogens is 362 g/mol. The third-order valence-corrected chi connectivity index (χ3v) is 4.17. The zero-order valence-electron chi connectivity index (χ0n) is 15.1. The predicted molar refractivity (Wildman–Crippen MR) is 109 cm³/mol. The molecule has 6 nitrogen and oxygen atoms in total. The Morgan fingerprint density at radius 2 is 1.67 bits per heavy atom. The monoisotopic (exact) mass is 381 g/mol. The maximum atomic E-state index is 12.2. The van der Waals surface area contributed by atoms with Gasteiger partial charge in [0, 0.05) is 37.0 Å². The van der Waals surface area contributed by atoms with Gasteiger partial charge in [0.25, 0.3) is 5.91 Å². The molecule has 0 saturated carbocycles. The molecule has 27 heavy (non-hydrogen) atoms. The number of nitrogens with zero attached hydrogens (tertiary/aromatic N) is 3. The highest BCUT2D eigenvalue weighted by molar-refractivity contribution is 6.30. The van der Waals surface area contributed by atoms with Crippen molar-refractivity contribution in [2.24, 2.45) is 0 Å². The van der Waals surface area contributed by atoms with E-state index >= 15 is 0 Å². The van der Waals surface area contributed by atoms with Crippen LogP contribution in [0.4, 0.5) is 17.2 Å². The minimum Gasteiger partial charge on any atom is -0.378 e. The summed E-state index contributed by atoms with van der Waals surface area (Å²) in [7, 11) is 3.98. The number of rotatable bonds is 6. The summed E-state index contributed by atoms with van der Waals surface area (Å²) in [4.78, 5) is 14.2. The molecule has 0 spiro atoms. The number of hydrogen-bond acceptors (Lipinski definition) is 5. The smallest absolute Gasteiger partial charge is 0.272 e. The maximum Gasteiger partial charge on any atom is 0.272 e. The Labute approximate surface area is 163 Å². The highest BCUT2D eigenvalue weighted by Gasteiger charge is 2.08. The first-order chi connectivity index (χ1) is 13.0. The van der Waals surface area contributed by atoms with E-state index in [1.807, 2.05) is 55.4 Å². The molecule has 1 heterocycles. The zero-order chi connectivity index (χ0) is 19.2. The van der Waals surface area contributed by atoms with Gasteiger partial charge in [0.05, 0.1) is 0 Å². The Morgan fingerprint density at radius 3 is 2.26 bits per heavy atom. The van der Waals surface area contributed by atoms with Gasteiger partial charge in [0.2, 0.25) is 0 Å². The summed E-state index contributed by atoms with van der Waals surface area (Å²) >= 11 is 5.85. The van der Waals surface area contributed by atoms with Gasteiger partial charge in [-0.05, 0) is 54.1 Å². The third kappa shape index (κ3) is 5.18. The fourth-order valence-corrected chi connectivity index (χ4v) is 2.51. The second-order valence-corrected chi connectivity index (χ2v) is 6.62. The number of nitrogens with one attached hydrogen (secondary N) is 2. The molecule has 3 rings (SSSR count). The second-order valence-electron chi connectivity index (χ2n) is 6.18. The quantitative estimate of drug-likeness (QED) is 0.678. The van der Waals surface area contributed by atoms with Gasteiger partial charge in [-0.1, -0.05) is 23.7 Å². The van der Waals surface area contributed by atoms with Gasteiger partial charge < -0.3 is 15.5 Å². The maximum absolute atomic E-state index is 12.2. The van der Waals surface area contributed by atoms with Crippen LogP contribution in [0.3, 0.4) is 0 Å². The van der Waals surface area contributed by atoms with Crippen LogP contribution in [-0.4, -0.2) is 30.2 Å². The lowest BCUT2D eigenvalue weighted by Crippen LogP contribution is -2.24. The van der Waals surface area contributed by atoms with Gasteiger partial charge in [-0.3, -0.25) is 4.79 Å². The summed E-state index contributed by atoms with van der Waals surface area (Å²) in [5, 5.41) is 14.7. The molecule has 0 saturated heterocycles. The van der Waals surface area contributed by atoms with Crippen molar-refractivity contribution >= 4 is 34.7 Å². The number of aromatic nitrogens is 2. The van der Waals surface area contributed by atoms with Crippen LogP contribution in [0.1, 0.15) is 16.1 Å². The van der Waals surface area contributed by atoms with Gasteiger partial charge in [0.15, 0.2) is 11.5 Å². The average Bonchev–Trinajstić information content (AvgIpc) is 2.68. The highest BCUT2D eigenvalue weighted by Crippen LogP contribution is 2.18. The van der Waals surface area contributed by atoms with Crippen molar-refractivity contribution in [2.75, 3.05) is 24.3 Å². The number of anilines is 3. The van der Waals surface area contributed by atoms with Crippen LogP contribution in [0.5, 0.6) is 0 Å². The SMILES string of the molecule is CN(C)c1ccc(Nc2ccc(C(=O)NCc3ccc(Cl)cc3)nn2)cc1. The van der Waals surface area contributed by atoms with Crippen molar-refractivity contribution in [1.29, 1.82) is 0 Å². The van der Waals surface area contributed by atoms with E-state index in [9.17, 15) is 4.79 Å². The molecule has 0 aliphatic carbocycles. The Balaban J connectivity index is 1.57. The summed E-state index contributed by atoms with van der Waals surface area (Å²) in [5.74, 6) is 0.293. The molecule has 138 valence electrons. The minimum absolute atomic E-state index is 0.262. The van der Waals surface area contributed by atoms with Crippen LogP contribution >= 0.6 is 11.6 Å². The molecule has 0 aliphatic rings. The van der Waals surface area contributed by atoms with E-state index in [1.165, 1.54) is 0 Å². The standard InChI is InChI=1S/C20H20ClN5O/c1-26(2)17-9-7-16(8-10-17)23-19-12-11-18(24-25-19)20(27)22-13-14-3-5-15(21)6-4-14/h3-12H,13H2,1-2H3,(H,22,27)(H,23,25). The van der Waals surface area contributed by atoms with E-state index in [2.05, 4.69) is 20.8 Å². The van der Waals surface area contributed by atoms with E-state index in [0.717, 1.165) is 16.9 Å². The van der Waals surface area contributed by atoms with Crippen LogP contribution in [0.15, 0.2) is 60.7 Å². The first-order valence-electron chi connectivity index (χ1n) is 8.42. The lowest BCUT2D eigenvalue weighted by molar-refractivity contribution is 0.0945. The largest absolute Gasteiger partial charge is 0.378 e. The van der Waals surface area contributed by atoms with Crippen LogP contribution in [0.25, 0.3) is 0 Å². The number of halogens is 1. The van der Waals surface area contributed by atoms with Gasteiger partial charge in [-0.2, -0.15) is 0 Å². The number of hydrogen-bond donors (Lipinski definition) is 2. The van der Waals surface area contributed by atoms with Crippen molar-refractivity contribution in [3.63, 3.8) is 0 Å². The summed E-state index contributed by atoms with van der Waals surface area (Å²) in [6, 6.07) is 18.6. The van der Waals surface area contributed by atoms with Crippen LogP contribution < -0.4 is 15.5 Å². The highest BCUT2D eigenvalue weighted by atomic mass is 35.5. The molecule has 2 aromatic carbocycles. The molecule has 7 heteroatoms. The fraction of sp³-hybridized carbons (Fsp3) is 0.150.